The second-order valence-corrected chi connectivity index (χ2v) is 5.52. The zero-order valence-electron chi connectivity index (χ0n) is 9.96. The van der Waals surface area contributed by atoms with E-state index in [1.807, 2.05) is 18.2 Å². The molecule has 2 atom stereocenters. The van der Waals surface area contributed by atoms with Crippen LogP contribution in [0.2, 0.25) is 0 Å². The van der Waals surface area contributed by atoms with E-state index in [1.54, 1.807) is 0 Å². The molecule has 0 amide bonds. The molecule has 1 aliphatic heterocycles. The van der Waals surface area contributed by atoms with E-state index >= 15 is 0 Å². The first-order chi connectivity index (χ1) is 8.05. The van der Waals surface area contributed by atoms with E-state index in [2.05, 4.69) is 41.2 Å². The topological polar surface area (TPSA) is 45.0 Å². The highest BCUT2D eigenvalue weighted by Gasteiger charge is 2.37. The number of hydrogen-bond acceptors (Lipinski definition) is 3. The van der Waals surface area contributed by atoms with Crippen molar-refractivity contribution >= 4 is 21.6 Å². The highest BCUT2D eigenvalue weighted by atomic mass is 79.9. The van der Waals surface area contributed by atoms with Crippen LogP contribution in [0.1, 0.15) is 25.8 Å². The van der Waals surface area contributed by atoms with Gasteiger partial charge in [-0.1, -0.05) is 15.9 Å². The van der Waals surface area contributed by atoms with E-state index in [4.69, 9.17) is 10.00 Å². The Morgan fingerprint density at radius 2 is 2.35 bits per heavy atom. The summed E-state index contributed by atoms with van der Waals surface area (Å²) in [5.41, 5.74) is 1.43. The van der Waals surface area contributed by atoms with Crippen molar-refractivity contribution in [1.29, 1.82) is 5.26 Å². The first-order valence-corrected chi connectivity index (χ1v) is 6.44. The summed E-state index contributed by atoms with van der Waals surface area (Å²) in [7, 11) is 0. The fraction of sp³-hybridized carbons (Fsp3) is 0.462. The van der Waals surface area contributed by atoms with Gasteiger partial charge in [0.05, 0.1) is 22.9 Å². The lowest BCUT2D eigenvalue weighted by atomic mass is 9.94. The normalized spacial score (nSPS) is 27.8. The van der Waals surface area contributed by atoms with Gasteiger partial charge in [0, 0.05) is 11.1 Å². The summed E-state index contributed by atoms with van der Waals surface area (Å²) < 4.78 is 6.50. The Kier molecular flexibility index (Phi) is 3.41. The first-order valence-electron chi connectivity index (χ1n) is 5.64. The van der Waals surface area contributed by atoms with Crippen LogP contribution in [0.3, 0.4) is 0 Å². The summed E-state index contributed by atoms with van der Waals surface area (Å²) in [5, 5.41) is 12.6. The molecule has 1 fully saturated rings. The predicted molar refractivity (Wildman–Crippen MR) is 70.9 cm³/mol. The molecule has 0 aromatic heterocycles. The molecule has 1 aromatic carbocycles. The van der Waals surface area contributed by atoms with E-state index < -0.39 is 0 Å². The average Bonchev–Trinajstić information content (AvgIpc) is 2.62. The Labute approximate surface area is 110 Å². The maximum Gasteiger partial charge on any atom is 0.101 e. The van der Waals surface area contributed by atoms with Crippen molar-refractivity contribution in [1.82, 2.24) is 0 Å². The summed E-state index contributed by atoms with van der Waals surface area (Å²) in [5.74, 6) is 0. The van der Waals surface area contributed by atoms with E-state index in [0.717, 1.165) is 23.2 Å². The van der Waals surface area contributed by atoms with Crippen molar-refractivity contribution in [3.05, 3.63) is 28.2 Å². The summed E-state index contributed by atoms with van der Waals surface area (Å²) in [6.45, 7) is 4.96. The van der Waals surface area contributed by atoms with Gasteiger partial charge in [-0.25, -0.2) is 0 Å². The van der Waals surface area contributed by atoms with Crippen LogP contribution in [-0.2, 0) is 4.74 Å². The lowest BCUT2D eigenvalue weighted by Crippen LogP contribution is -2.41. The van der Waals surface area contributed by atoms with Crippen LogP contribution in [0.4, 0.5) is 5.69 Å². The van der Waals surface area contributed by atoms with Gasteiger partial charge in [-0.05, 0) is 38.5 Å². The van der Waals surface area contributed by atoms with Crippen LogP contribution >= 0.6 is 15.9 Å². The number of halogens is 1. The molecule has 0 radical (unpaired) electrons. The number of ether oxygens (including phenoxy) is 1. The van der Waals surface area contributed by atoms with Crippen LogP contribution in [0.5, 0.6) is 0 Å². The standard InChI is InChI=1S/C13H15BrN2O/c1-9-13(2,5-6-17-9)16-12-4-3-11(14)7-10(12)8-15/h3-4,7,9,16H,5-6H2,1-2H3. The predicted octanol–water partition coefficient (Wildman–Crippen LogP) is 3.30. The second-order valence-electron chi connectivity index (χ2n) is 4.61. The van der Waals surface area contributed by atoms with Gasteiger partial charge in [-0.2, -0.15) is 5.26 Å². The molecular formula is C13H15BrN2O. The van der Waals surface area contributed by atoms with Crippen LogP contribution in [-0.4, -0.2) is 18.2 Å². The lowest BCUT2D eigenvalue weighted by Gasteiger charge is -2.30. The lowest BCUT2D eigenvalue weighted by molar-refractivity contribution is 0.105. The van der Waals surface area contributed by atoms with Crippen LogP contribution in [0.15, 0.2) is 22.7 Å². The van der Waals surface area contributed by atoms with Gasteiger partial charge in [-0.3, -0.25) is 0 Å². The highest BCUT2D eigenvalue weighted by molar-refractivity contribution is 9.10. The molecule has 2 unspecified atom stereocenters. The fourth-order valence-corrected chi connectivity index (χ4v) is 2.39. The molecule has 2 rings (SSSR count). The van der Waals surface area contributed by atoms with Crippen LogP contribution in [0, 0.1) is 11.3 Å². The molecule has 1 N–H and O–H groups in total. The summed E-state index contributed by atoms with van der Waals surface area (Å²) >= 11 is 3.37. The summed E-state index contributed by atoms with van der Waals surface area (Å²) in [6, 6.07) is 7.90. The number of benzene rings is 1. The van der Waals surface area contributed by atoms with Gasteiger partial charge in [0.15, 0.2) is 0 Å². The molecule has 0 aliphatic carbocycles. The first kappa shape index (κ1) is 12.4. The Morgan fingerprint density at radius 3 is 2.94 bits per heavy atom. The minimum absolute atomic E-state index is 0.0978. The number of nitrogens with one attached hydrogen (secondary N) is 1. The third-order valence-corrected chi connectivity index (χ3v) is 3.90. The van der Waals surface area contributed by atoms with Gasteiger partial charge in [0.1, 0.15) is 6.07 Å². The molecule has 0 spiro atoms. The maximum atomic E-state index is 9.12. The van der Waals surface area contributed by atoms with E-state index in [1.165, 1.54) is 0 Å². The highest BCUT2D eigenvalue weighted by Crippen LogP contribution is 2.31. The van der Waals surface area contributed by atoms with Crippen molar-refractivity contribution in [2.24, 2.45) is 0 Å². The summed E-state index contributed by atoms with van der Waals surface area (Å²) in [6.07, 6.45) is 1.10. The zero-order valence-corrected chi connectivity index (χ0v) is 11.5. The second kappa shape index (κ2) is 4.67. The van der Waals surface area contributed by atoms with E-state index in [9.17, 15) is 0 Å². The van der Waals surface area contributed by atoms with Gasteiger partial charge in [0.2, 0.25) is 0 Å². The monoisotopic (exact) mass is 294 g/mol. The van der Waals surface area contributed by atoms with Crippen molar-refractivity contribution in [3.63, 3.8) is 0 Å². The summed E-state index contributed by atoms with van der Waals surface area (Å²) in [4.78, 5) is 0. The zero-order chi connectivity index (χ0) is 12.5. The molecule has 4 heteroatoms. The Hall–Kier alpha value is -1.05. The molecule has 0 saturated carbocycles. The number of anilines is 1. The third kappa shape index (κ3) is 2.46. The molecule has 17 heavy (non-hydrogen) atoms. The number of nitriles is 1. The molecule has 0 bridgehead atoms. The molecule has 1 saturated heterocycles. The van der Waals surface area contributed by atoms with E-state index in [-0.39, 0.29) is 11.6 Å². The number of rotatable bonds is 2. The van der Waals surface area contributed by atoms with Crippen molar-refractivity contribution in [3.8, 4) is 6.07 Å². The van der Waals surface area contributed by atoms with Gasteiger partial charge < -0.3 is 10.1 Å². The van der Waals surface area contributed by atoms with Crippen LogP contribution < -0.4 is 5.32 Å². The molecule has 1 aliphatic rings. The molecule has 1 aromatic rings. The minimum Gasteiger partial charge on any atom is -0.376 e. The third-order valence-electron chi connectivity index (χ3n) is 3.41. The number of hydrogen-bond donors (Lipinski definition) is 1. The quantitative estimate of drug-likeness (QED) is 0.910. The van der Waals surface area contributed by atoms with Gasteiger partial charge in [0.25, 0.3) is 0 Å². The Bertz CT molecular complexity index is 469. The molecule has 90 valence electrons. The fourth-order valence-electron chi connectivity index (χ4n) is 2.02. The van der Waals surface area contributed by atoms with Crippen molar-refractivity contribution in [2.45, 2.75) is 31.9 Å². The minimum atomic E-state index is -0.0978. The Balaban J connectivity index is 2.27. The smallest absolute Gasteiger partial charge is 0.101 e. The van der Waals surface area contributed by atoms with E-state index in [0.29, 0.717) is 5.56 Å². The largest absolute Gasteiger partial charge is 0.376 e. The van der Waals surface area contributed by atoms with Crippen molar-refractivity contribution in [2.75, 3.05) is 11.9 Å². The van der Waals surface area contributed by atoms with Crippen LogP contribution in [0.25, 0.3) is 0 Å². The average molecular weight is 295 g/mol. The number of nitrogens with zero attached hydrogens (tertiary/aromatic N) is 1. The SMILES string of the molecule is CC1OCCC1(C)Nc1ccc(Br)cc1C#N. The van der Waals surface area contributed by atoms with Gasteiger partial charge in [-0.15, -0.1) is 0 Å². The Morgan fingerprint density at radius 1 is 1.59 bits per heavy atom. The molecule has 3 nitrogen and oxygen atoms in total. The van der Waals surface area contributed by atoms with Crippen molar-refractivity contribution < 1.29 is 4.74 Å². The molecule has 1 heterocycles. The molecular weight excluding hydrogens is 280 g/mol. The maximum absolute atomic E-state index is 9.12. The van der Waals surface area contributed by atoms with Gasteiger partial charge >= 0.3 is 0 Å².